The van der Waals surface area contributed by atoms with E-state index in [-0.39, 0.29) is 11.8 Å². The molecule has 0 spiro atoms. The first-order chi connectivity index (χ1) is 12.7. The molecule has 0 aromatic heterocycles. The molecule has 2 aromatic rings. The lowest BCUT2D eigenvalue weighted by Crippen LogP contribution is -2.44. The van der Waals surface area contributed by atoms with Gasteiger partial charge in [-0.3, -0.25) is 9.59 Å². The standard InChI is InChI=1S/C20H22N2O3S/c1-25-18-10-6-5-9-16(18)21-19(23)17(11-12-26-2)22-13-14-7-3-4-8-15(14)20(22)24/h3-10,17H,11-13H2,1-2H3,(H,21,23)/t17-/m0/s1. The monoisotopic (exact) mass is 370 g/mol. The van der Waals surface area contributed by atoms with Crippen LogP contribution in [0, 0.1) is 0 Å². The maximum atomic E-state index is 13.0. The highest BCUT2D eigenvalue weighted by Gasteiger charge is 2.36. The number of fused-ring (bicyclic) bond motifs is 1. The minimum atomic E-state index is -0.521. The molecule has 0 unspecified atom stereocenters. The fourth-order valence-corrected chi connectivity index (χ4v) is 3.61. The van der Waals surface area contributed by atoms with E-state index in [9.17, 15) is 9.59 Å². The van der Waals surface area contributed by atoms with E-state index in [1.165, 1.54) is 0 Å². The van der Waals surface area contributed by atoms with Crippen molar-refractivity contribution in [2.24, 2.45) is 0 Å². The number of carbonyl (C=O) groups excluding carboxylic acids is 2. The van der Waals surface area contributed by atoms with Crippen molar-refractivity contribution in [1.29, 1.82) is 0 Å². The van der Waals surface area contributed by atoms with Gasteiger partial charge in [-0.25, -0.2) is 0 Å². The molecule has 2 aromatic carbocycles. The summed E-state index contributed by atoms with van der Waals surface area (Å²) in [7, 11) is 1.57. The third-order valence-corrected chi connectivity index (χ3v) is 5.13. The first kappa shape index (κ1) is 18.3. The molecule has 26 heavy (non-hydrogen) atoms. The Hall–Kier alpha value is -2.47. The Morgan fingerprint density at radius 1 is 1.23 bits per heavy atom. The number of hydrogen-bond donors (Lipinski definition) is 1. The van der Waals surface area contributed by atoms with Crippen LogP contribution in [-0.4, -0.2) is 41.9 Å². The molecule has 0 aliphatic carbocycles. The van der Waals surface area contributed by atoms with Crippen LogP contribution in [0.2, 0.25) is 0 Å². The summed E-state index contributed by atoms with van der Waals surface area (Å²) in [5.41, 5.74) is 2.27. The van der Waals surface area contributed by atoms with E-state index in [0.717, 1.165) is 11.3 Å². The Kier molecular flexibility index (Phi) is 5.83. The third-order valence-electron chi connectivity index (χ3n) is 4.49. The van der Waals surface area contributed by atoms with Crippen LogP contribution in [0.25, 0.3) is 0 Å². The van der Waals surface area contributed by atoms with Gasteiger partial charge in [0.15, 0.2) is 0 Å². The van der Waals surface area contributed by atoms with E-state index in [1.807, 2.05) is 42.7 Å². The number of carbonyl (C=O) groups is 2. The third kappa shape index (κ3) is 3.70. The van der Waals surface area contributed by atoms with Crippen molar-refractivity contribution >= 4 is 29.3 Å². The Balaban J connectivity index is 1.82. The Morgan fingerprint density at radius 3 is 2.69 bits per heavy atom. The predicted octanol–water partition coefficient (Wildman–Crippen LogP) is 3.41. The normalized spacial score (nSPS) is 14.1. The molecule has 136 valence electrons. The van der Waals surface area contributed by atoms with Gasteiger partial charge in [0.05, 0.1) is 12.8 Å². The molecule has 0 saturated heterocycles. The molecule has 1 heterocycles. The van der Waals surface area contributed by atoms with Crippen LogP contribution in [0.3, 0.4) is 0 Å². The number of anilines is 1. The van der Waals surface area contributed by atoms with Crippen LogP contribution in [0.5, 0.6) is 5.75 Å². The summed E-state index contributed by atoms with van der Waals surface area (Å²) in [6, 6.07) is 14.3. The summed E-state index contributed by atoms with van der Waals surface area (Å²) < 4.78 is 5.31. The number of ether oxygens (including phenoxy) is 1. The number of nitrogens with zero attached hydrogens (tertiary/aromatic N) is 1. The number of hydrogen-bond acceptors (Lipinski definition) is 4. The maximum Gasteiger partial charge on any atom is 0.255 e. The van der Waals surface area contributed by atoms with E-state index >= 15 is 0 Å². The van der Waals surface area contributed by atoms with Gasteiger partial charge in [-0.05, 0) is 42.2 Å². The molecule has 6 heteroatoms. The fourth-order valence-electron chi connectivity index (χ4n) is 3.15. The van der Waals surface area contributed by atoms with Crippen molar-refractivity contribution in [1.82, 2.24) is 4.90 Å². The zero-order valence-electron chi connectivity index (χ0n) is 14.9. The topological polar surface area (TPSA) is 58.6 Å². The van der Waals surface area contributed by atoms with E-state index in [2.05, 4.69) is 5.32 Å². The van der Waals surface area contributed by atoms with Crippen molar-refractivity contribution in [2.45, 2.75) is 19.0 Å². The van der Waals surface area contributed by atoms with Gasteiger partial charge in [0.1, 0.15) is 11.8 Å². The fraction of sp³-hybridized carbons (Fsp3) is 0.300. The largest absolute Gasteiger partial charge is 0.495 e. The summed E-state index contributed by atoms with van der Waals surface area (Å²) >= 11 is 1.66. The Labute approximate surface area is 157 Å². The number of para-hydroxylation sites is 2. The van der Waals surface area contributed by atoms with Crippen molar-refractivity contribution in [3.05, 3.63) is 59.7 Å². The molecule has 5 nitrogen and oxygen atoms in total. The van der Waals surface area contributed by atoms with Crippen molar-refractivity contribution in [3.8, 4) is 5.75 Å². The van der Waals surface area contributed by atoms with Crippen LogP contribution in [-0.2, 0) is 11.3 Å². The lowest BCUT2D eigenvalue weighted by molar-refractivity contribution is -0.120. The molecule has 1 N–H and O–H groups in total. The highest BCUT2D eigenvalue weighted by molar-refractivity contribution is 7.98. The Bertz CT molecular complexity index is 809. The maximum absolute atomic E-state index is 13.0. The molecule has 0 fully saturated rings. The molecular weight excluding hydrogens is 348 g/mol. The molecule has 0 bridgehead atoms. The van der Waals surface area contributed by atoms with Gasteiger partial charge in [0.25, 0.3) is 5.91 Å². The van der Waals surface area contributed by atoms with Gasteiger partial charge >= 0.3 is 0 Å². The zero-order chi connectivity index (χ0) is 18.5. The average molecular weight is 370 g/mol. The van der Waals surface area contributed by atoms with Crippen LogP contribution < -0.4 is 10.1 Å². The smallest absolute Gasteiger partial charge is 0.255 e. The highest BCUT2D eigenvalue weighted by Crippen LogP contribution is 2.28. The number of methoxy groups -OCH3 is 1. The summed E-state index contributed by atoms with van der Waals surface area (Å²) in [6.45, 7) is 0.466. The van der Waals surface area contributed by atoms with Gasteiger partial charge in [-0.2, -0.15) is 11.8 Å². The molecule has 3 rings (SSSR count). The number of rotatable bonds is 7. The van der Waals surface area contributed by atoms with E-state index in [0.29, 0.717) is 30.0 Å². The second kappa shape index (κ2) is 8.27. The lowest BCUT2D eigenvalue weighted by Gasteiger charge is -2.27. The molecule has 1 aliphatic rings. The highest BCUT2D eigenvalue weighted by atomic mass is 32.2. The van der Waals surface area contributed by atoms with Gasteiger partial charge in [-0.1, -0.05) is 30.3 Å². The predicted molar refractivity (Wildman–Crippen MR) is 105 cm³/mol. The lowest BCUT2D eigenvalue weighted by atomic mass is 10.1. The minimum Gasteiger partial charge on any atom is -0.495 e. The summed E-state index contributed by atoms with van der Waals surface area (Å²) in [5, 5.41) is 2.93. The Morgan fingerprint density at radius 2 is 1.96 bits per heavy atom. The quantitative estimate of drug-likeness (QED) is 0.811. The summed E-state index contributed by atoms with van der Waals surface area (Å²) in [5.74, 6) is 1.12. The van der Waals surface area contributed by atoms with E-state index in [4.69, 9.17) is 4.74 Å². The molecule has 1 aliphatic heterocycles. The second-order valence-electron chi connectivity index (χ2n) is 6.08. The number of nitrogens with one attached hydrogen (secondary N) is 1. The van der Waals surface area contributed by atoms with Crippen LogP contribution >= 0.6 is 11.8 Å². The first-order valence-corrected chi connectivity index (χ1v) is 9.86. The summed E-state index contributed by atoms with van der Waals surface area (Å²) in [4.78, 5) is 27.5. The number of benzene rings is 2. The van der Waals surface area contributed by atoms with Crippen LogP contribution in [0.1, 0.15) is 22.3 Å². The van der Waals surface area contributed by atoms with Gasteiger partial charge in [0, 0.05) is 12.1 Å². The first-order valence-electron chi connectivity index (χ1n) is 8.47. The van der Waals surface area contributed by atoms with Gasteiger partial charge in [0.2, 0.25) is 5.91 Å². The van der Waals surface area contributed by atoms with E-state index < -0.39 is 6.04 Å². The minimum absolute atomic E-state index is 0.0816. The van der Waals surface area contributed by atoms with Crippen LogP contribution in [0.15, 0.2) is 48.5 Å². The van der Waals surface area contributed by atoms with Gasteiger partial charge in [-0.15, -0.1) is 0 Å². The SMILES string of the molecule is COc1ccccc1NC(=O)[C@H](CCSC)N1Cc2ccccc2C1=O. The molecule has 2 amide bonds. The van der Waals surface area contributed by atoms with Crippen molar-refractivity contribution in [3.63, 3.8) is 0 Å². The van der Waals surface area contributed by atoms with Crippen molar-refractivity contribution < 1.29 is 14.3 Å². The van der Waals surface area contributed by atoms with E-state index in [1.54, 1.807) is 35.9 Å². The number of amides is 2. The van der Waals surface area contributed by atoms with Gasteiger partial charge < -0.3 is 15.0 Å². The van der Waals surface area contributed by atoms with Crippen molar-refractivity contribution in [2.75, 3.05) is 24.4 Å². The summed E-state index contributed by atoms with van der Waals surface area (Å²) in [6.07, 6.45) is 2.59. The second-order valence-corrected chi connectivity index (χ2v) is 7.06. The molecule has 0 radical (unpaired) electrons. The zero-order valence-corrected chi connectivity index (χ0v) is 15.7. The average Bonchev–Trinajstić information content (AvgIpc) is 2.99. The number of thioether (sulfide) groups is 1. The molecule has 0 saturated carbocycles. The molecule has 1 atom stereocenters. The van der Waals surface area contributed by atoms with Crippen LogP contribution in [0.4, 0.5) is 5.69 Å². The molecular formula is C20H22N2O3S.